The fourth-order valence-corrected chi connectivity index (χ4v) is 2.47. The predicted octanol–water partition coefficient (Wildman–Crippen LogP) is 2.63. The molecular formula is C15H14ClN3O. The summed E-state index contributed by atoms with van der Waals surface area (Å²) in [6, 6.07) is 7.06. The van der Waals surface area contributed by atoms with E-state index in [2.05, 4.69) is 15.6 Å². The number of carbonyl (C=O) groups is 1. The van der Waals surface area contributed by atoms with Crippen LogP contribution in [0.2, 0.25) is 5.02 Å². The van der Waals surface area contributed by atoms with Crippen molar-refractivity contribution in [2.45, 2.75) is 13.0 Å². The van der Waals surface area contributed by atoms with Crippen LogP contribution in [0.15, 0.2) is 36.7 Å². The Morgan fingerprint density at radius 2 is 2.05 bits per heavy atom. The van der Waals surface area contributed by atoms with Gasteiger partial charge < -0.3 is 10.6 Å². The third-order valence-electron chi connectivity index (χ3n) is 3.36. The Kier molecular flexibility index (Phi) is 3.67. The van der Waals surface area contributed by atoms with Crippen molar-refractivity contribution in [2.24, 2.45) is 0 Å². The zero-order chi connectivity index (χ0) is 13.9. The fraction of sp³-hybridized carbons (Fsp3) is 0.200. The topological polar surface area (TPSA) is 54.0 Å². The van der Waals surface area contributed by atoms with Gasteiger partial charge in [-0.3, -0.25) is 9.78 Å². The summed E-state index contributed by atoms with van der Waals surface area (Å²) in [6.45, 7) is 1.66. The van der Waals surface area contributed by atoms with E-state index in [-0.39, 0.29) is 5.91 Å². The minimum atomic E-state index is -0.126. The maximum Gasteiger partial charge on any atom is 0.257 e. The number of hydrogen-bond donors (Lipinski definition) is 2. The van der Waals surface area contributed by atoms with Crippen LogP contribution in [0.25, 0.3) is 0 Å². The molecule has 1 amide bonds. The van der Waals surface area contributed by atoms with Crippen LogP contribution >= 0.6 is 11.6 Å². The second kappa shape index (κ2) is 5.61. The summed E-state index contributed by atoms with van der Waals surface area (Å²) in [6.07, 6.45) is 4.30. The molecule has 1 aromatic heterocycles. The van der Waals surface area contributed by atoms with Gasteiger partial charge in [-0.15, -0.1) is 0 Å². The molecule has 0 unspecified atom stereocenters. The number of rotatable bonds is 2. The molecule has 20 heavy (non-hydrogen) atoms. The standard InChI is InChI=1S/C15H14ClN3O/c16-11-1-3-12(4-2-11)19-15(20)14-9-18-8-10-7-17-6-5-13(10)14/h1-4,8-9,17H,5-7H2,(H,19,20). The number of amides is 1. The Morgan fingerprint density at radius 1 is 1.25 bits per heavy atom. The van der Waals surface area contributed by atoms with Crippen molar-refractivity contribution >= 4 is 23.2 Å². The van der Waals surface area contributed by atoms with Crippen LogP contribution in [0.4, 0.5) is 5.69 Å². The molecule has 2 N–H and O–H groups in total. The summed E-state index contributed by atoms with van der Waals surface area (Å²) in [5.74, 6) is -0.126. The number of halogens is 1. The largest absolute Gasteiger partial charge is 0.322 e. The number of nitrogens with one attached hydrogen (secondary N) is 2. The molecule has 5 heteroatoms. The minimum absolute atomic E-state index is 0.126. The first-order valence-electron chi connectivity index (χ1n) is 6.47. The van der Waals surface area contributed by atoms with Crippen LogP contribution in [-0.2, 0) is 13.0 Å². The van der Waals surface area contributed by atoms with Gasteiger partial charge in [0.2, 0.25) is 0 Å². The van der Waals surface area contributed by atoms with Crippen molar-refractivity contribution < 1.29 is 4.79 Å². The van der Waals surface area contributed by atoms with Gasteiger partial charge in [-0.05, 0) is 48.4 Å². The predicted molar refractivity (Wildman–Crippen MR) is 79.1 cm³/mol. The second-order valence-electron chi connectivity index (χ2n) is 4.71. The SMILES string of the molecule is O=C(Nc1ccc(Cl)cc1)c1cncc2c1CCNC2. The van der Waals surface area contributed by atoms with Crippen molar-refractivity contribution in [1.29, 1.82) is 0 Å². The summed E-state index contributed by atoms with van der Waals surface area (Å²) >= 11 is 5.83. The molecule has 0 saturated heterocycles. The molecule has 0 saturated carbocycles. The smallest absolute Gasteiger partial charge is 0.257 e. The Morgan fingerprint density at radius 3 is 2.85 bits per heavy atom. The van der Waals surface area contributed by atoms with Gasteiger partial charge >= 0.3 is 0 Å². The van der Waals surface area contributed by atoms with E-state index < -0.39 is 0 Å². The Labute approximate surface area is 122 Å². The van der Waals surface area contributed by atoms with Crippen molar-refractivity contribution in [3.63, 3.8) is 0 Å². The summed E-state index contributed by atoms with van der Waals surface area (Å²) in [4.78, 5) is 16.5. The second-order valence-corrected chi connectivity index (χ2v) is 5.15. The first-order chi connectivity index (χ1) is 9.74. The fourth-order valence-electron chi connectivity index (χ4n) is 2.34. The summed E-state index contributed by atoms with van der Waals surface area (Å²) < 4.78 is 0. The van der Waals surface area contributed by atoms with Gasteiger partial charge in [0.15, 0.2) is 0 Å². The molecule has 1 aliphatic rings. The van der Waals surface area contributed by atoms with Crippen LogP contribution in [0.5, 0.6) is 0 Å². The van der Waals surface area contributed by atoms with Crippen molar-refractivity contribution in [2.75, 3.05) is 11.9 Å². The van der Waals surface area contributed by atoms with Gasteiger partial charge in [0.1, 0.15) is 0 Å². The highest BCUT2D eigenvalue weighted by Crippen LogP contribution is 2.19. The summed E-state index contributed by atoms with van der Waals surface area (Å²) in [5.41, 5.74) is 3.56. The highest BCUT2D eigenvalue weighted by molar-refractivity contribution is 6.30. The molecule has 3 rings (SSSR count). The molecule has 1 aromatic carbocycles. The number of nitrogens with zero attached hydrogens (tertiary/aromatic N) is 1. The molecule has 0 fully saturated rings. The van der Waals surface area contributed by atoms with Crippen molar-refractivity contribution in [1.82, 2.24) is 10.3 Å². The first-order valence-corrected chi connectivity index (χ1v) is 6.85. The highest BCUT2D eigenvalue weighted by Gasteiger charge is 2.18. The molecule has 2 aromatic rings. The molecule has 102 valence electrons. The lowest BCUT2D eigenvalue weighted by molar-refractivity contribution is 0.102. The van der Waals surface area contributed by atoms with E-state index in [0.717, 1.165) is 36.3 Å². The minimum Gasteiger partial charge on any atom is -0.322 e. The first kappa shape index (κ1) is 13.1. The molecule has 0 aliphatic carbocycles. The number of hydrogen-bond acceptors (Lipinski definition) is 3. The lowest BCUT2D eigenvalue weighted by atomic mass is 9.98. The number of pyridine rings is 1. The van der Waals surface area contributed by atoms with Gasteiger partial charge in [-0.2, -0.15) is 0 Å². The Hall–Kier alpha value is -1.91. The maximum atomic E-state index is 12.4. The van der Waals surface area contributed by atoms with Crippen LogP contribution in [0.1, 0.15) is 21.5 Å². The molecular weight excluding hydrogens is 274 g/mol. The van der Waals surface area contributed by atoms with Crippen molar-refractivity contribution in [3.8, 4) is 0 Å². The number of benzene rings is 1. The van der Waals surface area contributed by atoms with Gasteiger partial charge in [-0.1, -0.05) is 11.6 Å². The number of anilines is 1. The van der Waals surface area contributed by atoms with E-state index in [4.69, 9.17) is 11.6 Å². The summed E-state index contributed by atoms with van der Waals surface area (Å²) in [5, 5.41) is 6.80. The maximum absolute atomic E-state index is 12.4. The number of carbonyl (C=O) groups excluding carboxylic acids is 1. The highest BCUT2D eigenvalue weighted by atomic mass is 35.5. The van der Waals surface area contributed by atoms with E-state index in [1.54, 1.807) is 30.5 Å². The van der Waals surface area contributed by atoms with Crippen LogP contribution in [-0.4, -0.2) is 17.4 Å². The number of fused-ring (bicyclic) bond motifs is 1. The normalized spacial score (nSPS) is 13.7. The lowest BCUT2D eigenvalue weighted by Crippen LogP contribution is -2.27. The monoisotopic (exact) mass is 287 g/mol. The molecule has 1 aliphatic heterocycles. The van der Waals surface area contributed by atoms with Gasteiger partial charge in [0, 0.05) is 29.6 Å². The van der Waals surface area contributed by atoms with E-state index in [9.17, 15) is 4.79 Å². The Bertz CT molecular complexity index is 640. The zero-order valence-electron chi connectivity index (χ0n) is 10.8. The third-order valence-corrected chi connectivity index (χ3v) is 3.61. The van der Waals surface area contributed by atoms with Gasteiger partial charge in [0.05, 0.1) is 5.56 Å². The van der Waals surface area contributed by atoms with Gasteiger partial charge in [0.25, 0.3) is 5.91 Å². The van der Waals surface area contributed by atoms with E-state index in [0.29, 0.717) is 10.6 Å². The molecule has 0 spiro atoms. The molecule has 0 radical (unpaired) electrons. The quantitative estimate of drug-likeness (QED) is 0.893. The van der Waals surface area contributed by atoms with Crippen LogP contribution < -0.4 is 10.6 Å². The molecule has 2 heterocycles. The van der Waals surface area contributed by atoms with Crippen molar-refractivity contribution in [3.05, 3.63) is 58.4 Å². The van der Waals surface area contributed by atoms with Crippen LogP contribution in [0.3, 0.4) is 0 Å². The lowest BCUT2D eigenvalue weighted by Gasteiger charge is -2.19. The van der Waals surface area contributed by atoms with Gasteiger partial charge in [-0.25, -0.2) is 0 Å². The average Bonchev–Trinajstić information content (AvgIpc) is 2.49. The van der Waals surface area contributed by atoms with E-state index in [1.165, 1.54) is 0 Å². The Balaban J connectivity index is 1.85. The molecule has 0 atom stereocenters. The van der Waals surface area contributed by atoms with Crippen LogP contribution in [0, 0.1) is 0 Å². The third kappa shape index (κ3) is 2.66. The molecule has 4 nitrogen and oxygen atoms in total. The zero-order valence-corrected chi connectivity index (χ0v) is 11.6. The van der Waals surface area contributed by atoms with E-state index >= 15 is 0 Å². The number of aromatic nitrogens is 1. The summed E-state index contributed by atoms with van der Waals surface area (Å²) in [7, 11) is 0. The molecule has 0 bridgehead atoms. The van der Waals surface area contributed by atoms with E-state index in [1.807, 2.05) is 6.20 Å². The average molecular weight is 288 g/mol.